The predicted molar refractivity (Wildman–Crippen MR) is 76.2 cm³/mol. The van der Waals surface area contributed by atoms with Crippen LogP contribution in [0.15, 0.2) is 28.7 Å². The van der Waals surface area contributed by atoms with Gasteiger partial charge in [0.05, 0.1) is 0 Å². The minimum Gasteiger partial charge on any atom is -0.384 e. The van der Waals surface area contributed by atoms with Crippen LogP contribution in [0.1, 0.15) is 31.9 Å². The molecule has 1 aromatic rings. The first-order valence-corrected chi connectivity index (χ1v) is 6.94. The van der Waals surface area contributed by atoms with Crippen molar-refractivity contribution in [3.63, 3.8) is 0 Å². The number of hydrogen-bond acceptors (Lipinski definition) is 2. The molecule has 2 nitrogen and oxygen atoms in total. The topological polar surface area (TPSA) is 21.3 Å². The Hall–Kier alpha value is -0.380. The van der Waals surface area contributed by atoms with Gasteiger partial charge in [-0.2, -0.15) is 0 Å². The third-order valence-corrected chi connectivity index (χ3v) is 3.37. The van der Waals surface area contributed by atoms with E-state index in [2.05, 4.69) is 59.4 Å². The highest BCUT2D eigenvalue weighted by Gasteiger charge is 2.10. The molecule has 0 aromatic heterocycles. The highest BCUT2D eigenvalue weighted by atomic mass is 79.9. The first-order chi connectivity index (χ1) is 8.17. The van der Waals surface area contributed by atoms with Gasteiger partial charge in [0.2, 0.25) is 0 Å². The van der Waals surface area contributed by atoms with Gasteiger partial charge in [-0.1, -0.05) is 41.9 Å². The largest absolute Gasteiger partial charge is 0.384 e. The molecule has 0 saturated carbocycles. The second-order valence-electron chi connectivity index (χ2n) is 4.48. The molecule has 0 aliphatic carbocycles. The summed E-state index contributed by atoms with van der Waals surface area (Å²) in [5, 5.41) is 3.59. The summed E-state index contributed by atoms with van der Waals surface area (Å²) in [6.45, 7) is 6.21. The molecule has 2 unspecified atom stereocenters. The first-order valence-electron chi connectivity index (χ1n) is 6.15. The average molecular weight is 300 g/mol. The minimum atomic E-state index is 0.433. The minimum absolute atomic E-state index is 0.433. The van der Waals surface area contributed by atoms with Crippen molar-refractivity contribution in [2.45, 2.75) is 26.3 Å². The molecule has 0 saturated heterocycles. The van der Waals surface area contributed by atoms with Gasteiger partial charge in [-0.15, -0.1) is 0 Å². The lowest BCUT2D eigenvalue weighted by Crippen LogP contribution is -2.27. The molecular weight excluding hydrogens is 278 g/mol. The molecule has 0 bridgehead atoms. The lowest BCUT2D eigenvalue weighted by Gasteiger charge is -2.20. The van der Waals surface area contributed by atoms with Gasteiger partial charge < -0.3 is 10.1 Å². The van der Waals surface area contributed by atoms with Crippen molar-refractivity contribution in [2.24, 2.45) is 5.92 Å². The van der Waals surface area contributed by atoms with E-state index in [0.29, 0.717) is 12.0 Å². The molecule has 0 aliphatic heterocycles. The Bertz CT molecular complexity index is 313. The van der Waals surface area contributed by atoms with Crippen LogP contribution < -0.4 is 5.32 Å². The number of nitrogens with one attached hydrogen (secondary N) is 1. The predicted octanol–water partition coefficient (Wildman–Crippen LogP) is 3.77. The van der Waals surface area contributed by atoms with E-state index < -0.39 is 0 Å². The molecule has 0 radical (unpaired) electrons. The van der Waals surface area contributed by atoms with Crippen LogP contribution in [-0.4, -0.2) is 20.3 Å². The van der Waals surface area contributed by atoms with Crippen LogP contribution in [0.25, 0.3) is 0 Å². The maximum atomic E-state index is 5.14. The smallest absolute Gasteiger partial charge is 0.0499 e. The summed E-state index contributed by atoms with van der Waals surface area (Å²) in [7, 11) is 1.75. The molecule has 1 aromatic carbocycles. The van der Waals surface area contributed by atoms with Gasteiger partial charge in [0.1, 0.15) is 0 Å². The summed E-state index contributed by atoms with van der Waals surface area (Å²) >= 11 is 3.46. The molecule has 2 atom stereocenters. The Balaban J connectivity index is 2.51. The summed E-state index contributed by atoms with van der Waals surface area (Å²) in [5.41, 5.74) is 1.35. The maximum Gasteiger partial charge on any atom is 0.0499 e. The van der Waals surface area contributed by atoms with E-state index >= 15 is 0 Å². The first kappa shape index (κ1) is 14.7. The fraction of sp³-hybridized carbons (Fsp3) is 0.571. The third-order valence-electron chi connectivity index (χ3n) is 2.84. The Morgan fingerprint density at radius 3 is 2.47 bits per heavy atom. The molecule has 3 heteroatoms. The lowest BCUT2D eigenvalue weighted by atomic mass is 10.0. The van der Waals surface area contributed by atoms with Crippen molar-refractivity contribution >= 4 is 15.9 Å². The highest BCUT2D eigenvalue weighted by molar-refractivity contribution is 9.10. The summed E-state index contributed by atoms with van der Waals surface area (Å²) in [6.07, 6.45) is 1.10. The van der Waals surface area contributed by atoms with E-state index in [-0.39, 0.29) is 0 Å². The van der Waals surface area contributed by atoms with Crippen LogP contribution in [-0.2, 0) is 4.74 Å². The monoisotopic (exact) mass is 299 g/mol. The van der Waals surface area contributed by atoms with Gasteiger partial charge in [0, 0.05) is 30.8 Å². The van der Waals surface area contributed by atoms with Crippen LogP contribution in [0.3, 0.4) is 0 Å². The fourth-order valence-electron chi connectivity index (χ4n) is 1.88. The second kappa shape index (κ2) is 7.85. The van der Waals surface area contributed by atoms with Crippen molar-refractivity contribution in [3.05, 3.63) is 34.3 Å². The van der Waals surface area contributed by atoms with E-state index in [0.717, 1.165) is 24.0 Å². The van der Waals surface area contributed by atoms with Crippen LogP contribution >= 0.6 is 15.9 Å². The average Bonchev–Trinajstić information content (AvgIpc) is 2.32. The summed E-state index contributed by atoms with van der Waals surface area (Å²) in [6, 6.07) is 8.97. The number of ether oxygens (including phenoxy) is 1. The standard InChI is InChI=1S/C14H22BrNO/c1-4-14(16-9-11(2)10-17-3)12-5-7-13(15)8-6-12/h5-8,11,14,16H,4,9-10H2,1-3H3. The van der Waals surface area contributed by atoms with Crippen molar-refractivity contribution in [3.8, 4) is 0 Å². The van der Waals surface area contributed by atoms with E-state index in [4.69, 9.17) is 4.74 Å². The number of rotatable bonds is 7. The molecule has 0 spiro atoms. The Morgan fingerprint density at radius 1 is 1.29 bits per heavy atom. The Kier molecular flexibility index (Phi) is 6.78. The van der Waals surface area contributed by atoms with E-state index in [1.54, 1.807) is 7.11 Å². The Morgan fingerprint density at radius 2 is 1.94 bits per heavy atom. The molecular formula is C14H22BrNO. The molecule has 0 fully saturated rings. The van der Waals surface area contributed by atoms with Crippen molar-refractivity contribution in [2.75, 3.05) is 20.3 Å². The SMILES string of the molecule is CCC(NCC(C)COC)c1ccc(Br)cc1. The van der Waals surface area contributed by atoms with Crippen LogP contribution in [0.2, 0.25) is 0 Å². The van der Waals surface area contributed by atoms with E-state index in [1.165, 1.54) is 5.56 Å². The maximum absolute atomic E-state index is 5.14. The molecule has 1 N–H and O–H groups in total. The van der Waals surface area contributed by atoms with Gasteiger partial charge in [-0.3, -0.25) is 0 Å². The zero-order valence-electron chi connectivity index (χ0n) is 10.9. The Labute approximate surface area is 113 Å². The number of hydrogen-bond donors (Lipinski definition) is 1. The molecule has 96 valence electrons. The summed E-state index contributed by atoms with van der Waals surface area (Å²) < 4.78 is 6.27. The molecule has 17 heavy (non-hydrogen) atoms. The van der Waals surface area contributed by atoms with Crippen molar-refractivity contribution in [1.82, 2.24) is 5.32 Å². The lowest BCUT2D eigenvalue weighted by molar-refractivity contribution is 0.156. The van der Waals surface area contributed by atoms with Crippen molar-refractivity contribution < 1.29 is 4.74 Å². The van der Waals surface area contributed by atoms with Gasteiger partial charge in [-0.05, 0) is 30.0 Å². The fourth-order valence-corrected chi connectivity index (χ4v) is 2.14. The van der Waals surface area contributed by atoms with Crippen molar-refractivity contribution in [1.29, 1.82) is 0 Å². The zero-order chi connectivity index (χ0) is 12.7. The molecule has 0 aliphatic rings. The van der Waals surface area contributed by atoms with Gasteiger partial charge in [0.15, 0.2) is 0 Å². The quantitative estimate of drug-likeness (QED) is 0.827. The highest BCUT2D eigenvalue weighted by Crippen LogP contribution is 2.19. The second-order valence-corrected chi connectivity index (χ2v) is 5.40. The third kappa shape index (κ3) is 5.19. The van der Waals surface area contributed by atoms with Crippen LogP contribution in [0.4, 0.5) is 0 Å². The molecule has 0 amide bonds. The number of benzene rings is 1. The summed E-state index contributed by atoms with van der Waals surface area (Å²) in [5.74, 6) is 0.546. The van der Waals surface area contributed by atoms with E-state index in [1.807, 2.05) is 0 Å². The van der Waals surface area contributed by atoms with Crippen LogP contribution in [0.5, 0.6) is 0 Å². The number of methoxy groups -OCH3 is 1. The molecule has 0 heterocycles. The van der Waals surface area contributed by atoms with Gasteiger partial charge >= 0.3 is 0 Å². The normalized spacial score (nSPS) is 14.6. The van der Waals surface area contributed by atoms with Crippen LogP contribution in [0, 0.1) is 5.92 Å². The van der Waals surface area contributed by atoms with E-state index in [9.17, 15) is 0 Å². The summed E-state index contributed by atoms with van der Waals surface area (Å²) in [4.78, 5) is 0. The van der Waals surface area contributed by atoms with Gasteiger partial charge in [-0.25, -0.2) is 0 Å². The molecule has 1 rings (SSSR count). The number of halogens is 1. The zero-order valence-corrected chi connectivity index (χ0v) is 12.5. The van der Waals surface area contributed by atoms with Gasteiger partial charge in [0.25, 0.3) is 0 Å².